The molecule has 1 aliphatic carbocycles. The highest BCUT2D eigenvalue weighted by atomic mass is 16.5. The number of rotatable bonds is 6. The van der Waals surface area contributed by atoms with Gasteiger partial charge >= 0.3 is 5.97 Å². The first-order valence-corrected chi connectivity index (χ1v) is 6.06. The van der Waals surface area contributed by atoms with Gasteiger partial charge in [0, 0.05) is 12.6 Å². The average Bonchev–Trinajstić information content (AvgIpc) is 2.15. The zero-order valence-electron chi connectivity index (χ0n) is 10.5. The molecule has 0 saturated heterocycles. The molecule has 1 rings (SSSR count). The van der Waals surface area contributed by atoms with E-state index in [1.165, 1.54) is 0 Å². The molecule has 0 radical (unpaired) electrons. The number of hydrogen-bond donors (Lipinski definition) is 1. The van der Waals surface area contributed by atoms with Crippen molar-refractivity contribution in [3.05, 3.63) is 0 Å². The third-order valence-corrected chi connectivity index (χ3v) is 3.28. The van der Waals surface area contributed by atoms with Crippen molar-refractivity contribution >= 4 is 5.97 Å². The second-order valence-electron chi connectivity index (χ2n) is 4.79. The summed E-state index contributed by atoms with van der Waals surface area (Å²) in [7, 11) is 2.02. The minimum Gasteiger partial charge on any atom is -0.466 e. The molecule has 1 aliphatic rings. The Bertz CT molecular complexity index is 226. The third kappa shape index (κ3) is 4.10. The number of ether oxygens (including phenoxy) is 1. The van der Waals surface area contributed by atoms with E-state index in [2.05, 4.69) is 4.90 Å². The van der Waals surface area contributed by atoms with Gasteiger partial charge in [-0.05, 0) is 39.7 Å². The predicted molar refractivity (Wildman–Crippen MR) is 62.1 cm³/mol. The lowest BCUT2D eigenvalue weighted by Crippen LogP contribution is -2.41. The molecule has 1 fully saturated rings. The fraction of sp³-hybridized carbons (Fsp3) is 0.917. The van der Waals surface area contributed by atoms with Crippen LogP contribution >= 0.6 is 0 Å². The standard InChI is InChI=1S/C12H23NO3/c1-4-16-12(15)5-9(2)13(3)8-10-6-11(14)7-10/h9-11,14H,4-8H2,1-3H3. The number of aliphatic hydroxyl groups is 1. The first-order valence-electron chi connectivity index (χ1n) is 6.06. The first-order chi connectivity index (χ1) is 7.52. The summed E-state index contributed by atoms with van der Waals surface area (Å²) in [5.74, 6) is 0.458. The second kappa shape index (κ2) is 6.21. The molecule has 0 aromatic rings. The van der Waals surface area contributed by atoms with Crippen LogP contribution < -0.4 is 0 Å². The molecular formula is C12H23NO3. The molecule has 0 heterocycles. The van der Waals surface area contributed by atoms with Crippen molar-refractivity contribution in [2.24, 2.45) is 5.92 Å². The first kappa shape index (κ1) is 13.5. The highest BCUT2D eigenvalue weighted by Crippen LogP contribution is 2.28. The Morgan fingerprint density at radius 2 is 2.19 bits per heavy atom. The molecular weight excluding hydrogens is 206 g/mol. The van der Waals surface area contributed by atoms with E-state index >= 15 is 0 Å². The van der Waals surface area contributed by atoms with E-state index in [9.17, 15) is 9.90 Å². The summed E-state index contributed by atoms with van der Waals surface area (Å²) in [6, 6.07) is 0.205. The number of esters is 1. The lowest BCUT2D eigenvalue weighted by Gasteiger charge is -2.36. The maximum absolute atomic E-state index is 11.3. The van der Waals surface area contributed by atoms with Gasteiger partial charge in [0.15, 0.2) is 0 Å². The van der Waals surface area contributed by atoms with Crippen molar-refractivity contribution in [3.63, 3.8) is 0 Å². The van der Waals surface area contributed by atoms with E-state index in [1.54, 1.807) is 0 Å². The number of nitrogens with zero attached hydrogens (tertiary/aromatic N) is 1. The number of hydrogen-bond acceptors (Lipinski definition) is 4. The Morgan fingerprint density at radius 3 is 2.69 bits per heavy atom. The van der Waals surface area contributed by atoms with Gasteiger partial charge in [-0.2, -0.15) is 0 Å². The summed E-state index contributed by atoms with van der Waals surface area (Å²) in [5, 5.41) is 9.19. The summed E-state index contributed by atoms with van der Waals surface area (Å²) in [6.45, 7) is 5.26. The van der Waals surface area contributed by atoms with Gasteiger partial charge in [-0.3, -0.25) is 4.79 Å². The van der Waals surface area contributed by atoms with E-state index in [1.807, 2.05) is 20.9 Å². The predicted octanol–water partition coefficient (Wildman–Crippen LogP) is 1.03. The van der Waals surface area contributed by atoms with Crippen LogP contribution in [0, 0.1) is 5.92 Å². The molecule has 0 bridgehead atoms. The monoisotopic (exact) mass is 229 g/mol. The zero-order valence-corrected chi connectivity index (χ0v) is 10.5. The van der Waals surface area contributed by atoms with E-state index < -0.39 is 0 Å². The quantitative estimate of drug-likeness (QED) is 0.691. The van der Waals surface area contributed by atoms with E-state index in [4.69, 9.17) is 4.74 Å². The number of aliphatic hydroxyl groups excluding tert-OH is 1. The molecule has 1 saturated carbocycles. The zero-order chi connectivity index (χ0) is 12.1. The molecule has 1 unspecified atom stereocenters. The van der Waals surface area contributed by atoms with Crippen molar-refractivity contribution in [1.29, 1.82) is 0 Å². The lowest BCUT2D eigenvalue weighted by molar-refractivity contribution is -0.144. The van der Waals surface area contributed by atoms with Crippen molar-refractivity contribution in [3.8, 4) is 0 Å². The minimum atomic E-state index is -0.129. The van der Waals surface area contributed by atoms with Gasteiger partial charge in [-0.1, -0.05) is 0 Å². The van der Waals surface area contributed by atoms with Crippen LogP contribution in [0.3, 0.4) is 0 Å². The summed E-state index contributed by atoms with van der Waals surface area (Å²) >= 11 is 0. The Balaban J connectivity index is 2.19. The molecule has 0 aromatic carbocycles. The van der Waals surface area contributed by atoms with Crippen LogP contribution in [0.5, 0.6) is 0 Å². The Morgan fingerprint density at radius 1 is 1.56 bits per heavy atom. The normalized spacial score (nSPS) is 26.3. The van der Waals surface area contributed by atoms with Crippen LogP contribution in [0.4, 0.5) is 0 Å². The summed E-state index contributed by atoms with van der Waals surface area (Å²) in [6.07, 6.45) is 2.14. The summed E-state index contributed by atoms with van der Waals surface area (Å²) in [5.41, 5.74) is 0. The molecule has 1 N–H and O–H groups in total. The Labute approximate surface area is 97.6 Å². The van der Waals surface area contributed by atoms with E-state index in [0.717, 1.165) is 19.4 Å². The highest BCUT2D eigenvalue weighted by Gasteiger charge is 2.29. The molecule has 4 nitrogen and oxygen atoms in total. The third-order valence-electron chi connectivity index (χ3n) is 3.28. The minimum absolute atomic E-state index is 0.0984. The number of carbonyl (C=O) groups is 1. The smallest absolute Gasteiger partial charge is 0.307 e. The van der Waals surface area contributed by atoms with Gasteiger partial charge in [-0.15, -0.1) is 0 Å². The van der Waals surface area contributed by atoms with Crippen molar-refractivity contribution < 1.29 is 14.6 Å². The second-order valence-corrected chi connectivity index (χ2v) is 4.79. The molecule has 94 valence electrons. The Kier molecular flexibility index (Phi) is 5.22. The number of carbonyl (C=O) groups excluding carboxylic acids is 1. The largest absolute Gasteiger partial charge is 0.466 e. The van der Waals surface area contributed by atoms with Crippen LogP contribution in [0.15, 0.2) is 0 Å². The topological polar surface area (TPSA) is 49.8 Å². The fourth-order valence-corrected chi connectivity index (χ4v) is 2.05. The van der Waals surface area contributed by atoms with Crippen LogP contribution in [0.2, 0.25) is 0 Å². The van der Waals surface area contributed by atoms with Gasteiger partial charge in [0.05, 0.1) is 19.1 Å². The Hall–Kier alpha value is -0.610. The maximum atomic E-state index is 11.3. The van der Waals surface area contributed by atoms with Gasteiger partial charge in [0.1, 0.15) is 0 Å². The van der Waals surface area contributed by atoms with Gasteiger partial charge in [-0.25, -0.2) is 0 Å². The van der Waals surface area contributed by atoms with Crippen LogP contribution in [-0.2, 0) is 9.53 Å². The van der Waals surface area contributed by atoms with Crippen LogP contribution in [0.1, 0.15) is 33.1 Å². The fourth-order valence-electron chi connectivity index (χ4n) is 2.05. The molecule has 16 heavy (non-hydrogen) atoms. The molecule has 0 amide bonds. The van der Waals surface area contributed by atoms with Gasteiger partial charge < -0.3 is 14.7 Å². The van der Waals surface area contributed by atoms with Gasteiger partial charge in [0.25, 0.3) is 0 Å². The van der Waals surface area contributed by atoms with Gasteiger partial charge in [0.2, 0.25) is 0 Å². The molecule has 0 aromatic heterocycles. The van der Waals surface area contributed by atoms with Crippen LogP contribution in [0.25, 0.3) is 0 Å². The maximum Gasteiger partial charge on any atom is 0.307 e. The summed E-state index contributed by atoms with van der Waals surface area (Å²) < 4.78 is 4.92. The lowest BCUT2D eigenvalue weighted by atomic mass is 9.82. The highest BCUT2D eigenvalue weighted by molar-refractivity contribution is 5.69. The summed E-state index contributed by atoms with van der Waals surface area (Å²) in [4.78, 5) is 13.5. The van der Waals surface area contributed by atoms with Crippen molar-refractivity contribution in [2.45, 2.75) is 45.3 Å². The van der Waals surface area contributed by atoms with Crippen molar-refractivity contribution in [2.75, 3.05) is 20.2 Å². The molecule has 0 aliphatic heterocycles. The SMILES string of the molecule is CCOC(=O)CC(C)N(C)CC1CC(O)C1. The molecule has 0 spiro atoms. The molecule has 1 atom stereocenters. The van der Waals surface area contributed by atoms with Crippen LogP contribution in [-0.4, -0.2) is 48.3 Å². The van der Waals surface area contributed by atoms with E-state index in [0.29, 0.717) is 18.9 Å². The van der Waals surface area contributed by atoms with E-state index in [-0.39, 0.29) is 18.1 Å². The van der Waals surface area contributed by atoms with Crippen molar-refractivity contribution in [1.82, 2.24) is 4.90 Å². The average molecular weight is 229 g/mol. The molecule has 4 heteroatoms.